The van der Waals surface area contributed by atoms with Crippen LogP contribution in [0.1, 0.15) is 103 Å². The van der Waals surface area contributed by atoms with Crippen LogP contribution >= 0.6 is 8.58 Å². The van der Waals surface area contributed by atoms with Crippen LogP contribution in [0, 0.1) is 6.92 Å². The lowest BCUT2D eigenvalue weighted by Crippen LogP contribution is -2.36. The van der Waals surface area contributed by atoms with E-state index in [9.17, 15) is 0 Å². The molecule has 0 amide bonds. The van der Waals surface area contributed by atoms with Crippen molar-refractivity contribution >= 4 is 13.9 Å². The van der Waals surface area contributed by atoms with E-state index in [1.807, 2.05) is 0 Å². The normalized spacial score (nSPS) is 14.5. The Bertz CT molecular complexity index is 942. The van der Waals surface area contributed by atoms with Gasteiger partial charge in [0.2, 0.25) is 0 Å². The zero-order valence-corrected chi connectivity index (χ0v) is 25.0. The Labute approximate surface area is 217 Å². The molecule has 196 valence electrons. The van der Waals surface area contributed by atoms with Gasteiger partial charge < -0.3 is 14.8 Å². The van der Waals surface area contributed by atoms with Crippen LogP contribution in [-0.2, 0) is 21.9 Å². The first kappa shape index (κ1) is 29.8. The van der Waals surface area contributed by atoms with E-state index in [0.29, 0.717) is 8.58 Å². The molecule has 2 aromatic rings. The van der Waals surface area contributed by atoms with Crippen LogP contribution in [0.25, 0.3) is 0 Å². The maximum absolute atomic E-state index is 6.27. The van der Waals surface area contributed by atoms with E-state index in [4.69, 9.17) is 9.47 Å². The molecular weight excluding hydrogens is 449 g/mol. The standard InChI is InChI=1S/C31H50NO2P/c1-11-12-15-18-31(9,35-27-17-14-13-16-24(27)21-32-30(6,7)8)26-20-25(29(3,4)5)19-23(2)28(26)34-22-33-10/h13-14,16-17,19-20,32,35H,11-12,15,18,21-22H2,1-10H3. The van der Waals surface area contributed by atoms with Crippen molar-refractivity contribution in [1.29, 1.82) is 0 Å². The van der Waals surface area contributed by atoms with Crippen LogP contribution < -0.4 is 15.4 Å². The first-order valence-corrected chi connectivity index (χ1v) is 14.2. The second kappa shape index (κ2) is 12.7. The van der Waals surface area contributed by atoms with Crippen LogP contribution in [0.2, 0.25) is 0 Å². The predicted octanol–water partition coefficient (Wildman–Crippen LogP) is 7.96. The number of rotatable bonds is 12. The number of benzene rings is 2. The summed E-state index contributed by atoms with van der Waals surface area (Å²) in [6.45, 7) is 21.6. The van der Waals surface area contributed by atoms with Crippen molar-refractivity contribution in [2.75, 3.05) is 13.9 Å². The molecule has 0 radical (unpaired) electrons. The molecule has 0 aliphatic heterocycles. The lowest BCUT2D eigenvalue weighted by atomic mass is 9.82. The summed E-state index contributed by atoms with van der Waals surface area (Å²) >= 11 is 0. The fraction of sp³-hybridized carbons (Fsp3) is 0.613. The molecule has 0 saturated carbocycles. The molecule has 2 rings (SSSR count). The van der Waals surface area contributed by atoms with Crippen LogP contribution in [0.3, 0.4) is 0 Å². The average Bonchev–Trinajstić information content (AvgIpc) is 2.76. The zero-order valence-electron chi connectivity index (χ0n) is 24.0. The van der Waals surface area contributed by atoms with E-state index in [1.165, 1.54) is 46.8 Å². The van der Waals surface area contributed by atoms with Crippen LogP contribution in [0.15, 0.2) is 36.4 Å². The molecule has 0 saturated heterocycles. The van der Waals surface area contributed by atoms with Gasteiger partial charge in [-0.25, -0.2) is 0 Å². The third-order valence-corrected chi connectivity index (χ3v) is 8.40. The highest BCUT2D eigenvalue weighted by molar-refractivity contribution is 7.48. The van der Waals surface area contributed by atoms with Gasteiger partial charge in [0.15, 0.2) is 6.79 Å². The summed E-state index contributed by atoms with van der Waals surface area (Å²) < 4.78 is 11.6. The van der Waals surface area contributed by atoms with Gasteiger partial charge in [-0.15, -0.1) is 0 Å². The van der Waals surface area contributed by atoms with E-state index in [2.05, 4.69) is 104 Å². The summed E-state index contributed by atoms with van der Waals surface area (Å²) in [4.78, 5) is 0. The van der Waals surface area contributed by atoms with Gasteiger partial charge in [0.05, 0.1) is 0 Å². The lowest BCUT2D eigenvalue weighted by Gasteiger charge is -2.35. The SMILES string of the molecule is CCCCCC(C)(Pc1ccccc1CNC(C)(C)C)c1cc(C(C)(C)C)cc(C)c1OCOC. The zero-order chi connectivity index (χ0) is 26.3. The highest BCUT2D eigenvalue weighted by Crippen LogP contribution is 2.50. The highest BCUT2D eigenvalue weighted by atomic mass is 31.1. The molecule has 2 aromatic carbocycles. The maximum atomic E-state index is 6.27. The monoisotopic (exact) mass is 499 g/mol. The minimum Gasteiger partial charge on any atom is -0.467 e. The fourth-order valence-corrected chi connectivity index (χ4v) is 6.10. The summed E-state index contributed by atoms with van der Waals surface area (Å²) in [5.41, 5.74) is 5.43. The largest absolute Gasteiger partial charge is 0.467 e. The topological polar surface area (TPSA) is 30.5 Å². The lowest BCUT2D eigenvalue weighted by molar-refractivity contribution is 0.0494. The molecule has 2 unspecified atom stereocenters. The van der Waals surface area contributed by atoms with Crippen molar-refractivity contribution in [2.24, 2.45) is 0 Å². The smallest absolute Gasteiger partial charge is 0.188 e. The molecule has 0 bridgehead atoms. The molecule has 35 heavy (non-hydrogen) atoms. The first-order chi connectivity index (χ1) is 16.3. The van der Waals surface area contributed by atoms with Crippen molar-refractivity contribution in [2.45, 2.75) is 111 Å². The van der Waals surface area contributed by atoms with E-state index in [0.717, 1.165) is 18.7 Å². The number of methoxy groups -OCH3 is 1. The second-order valence-electron chi connectivity index (χ2n) is 12.1. The number of hydrogen-bond donors (Lipinski definition) is 1. The van der Waals surface area contributed by atoms with Crippen molar-refractivity contribution in [1.82, 2.24) is 5.32 Å². The fourth-order valence-electron chi connectivity index (χ4n) is 4.37. The van der Waals surface area contributed by atoms with Gasteiger partial charge in [0.1, 0.15) is 5.75 Å². The van der Waals surface area contributed by atoms with Crippen LogP contribution in [-0.4, -0.2) is 19.4 Å². The second-order valence-corrected chi connectivity index (χ2v) is 14.0. The Morgan fingerprint density at radius 1 is 0.943 bits per heavy atom. The van der Waals surface area contributed by atoms with Gasteiger partial charge in [-0.3, -0.25) is 0 Å². The first-order valence-electron chi connectivity index (χ1n) is 13.2. The Kier molecular flexibility index (Phi) is 10.8. The third-order valence-electron chi connectivity index (χ3n) is 6.57. The van der Waals surface area contributed by atoms with Gasteiger partial charge in [-0.1, -0.05) is 98.9 Å². The molecule has 0 spiro atoms. The van der Waals surface area contributed by atoms with Gasteiger partial charge >= 0.3 is 0 Å². The number of ether oxygens (including phenoxy) is 2. The summed E-state index contributed by atoms with van der Waals surface area (Å²) in [6.07, 6.45) is 4.82. The van der Waals surface area contributed by atoms with E-state index >= 15 is 0 Å². The van der Waals surface area contributed by atoms with E-state index in [1.54, 1.807) is 7.11 Å². The Morgan fingerprint density at radius 3 is 2.23 bits per heavy atom. The van der Waals surface area contributed by atoms with Gasteiger partial charge in [0.25, 0.3) is 0 Å². The summed E-state index contributed by atoms with van der Waals surface area (Å²) in [7, 11) is 2.34. The number of hydrogen-bond acceptors (Lipinski definition) is 3. The highest BCUT2D eigenvalue weighted by Gasteiger charge is 2.33. The molecule has 3 nitrogen and oxygen atoms in total. The average molecular weight is 500 g/mol. The Morgan fingerprint density at radius 2 is 1.63 bits per heavy atom. The number of aryl methyl sites for hydroxylation is 1. The molecule has 2 atom stereocenters. The summed E-state index contributed by atoms with van der Waals surface area (Å²) in [6, 6.07) is 13.7. The van der Waals surface area contributed by atoms with E-state index in [-0.39, 0.29) is 22.9 Å². The van der Waals surface area contributed by atoms with Crippen LogP contribution in [0.5, 0.6) is 5.75 Å². The van der Waals surface area contributed by atoms with Crippen molar-refractivity contribution in [3.8, 4) is 5.75 Å². The minimum absolute atomic E-state index is 0.0257. The van der Waals surface area contributed by atoms with Gasteiger partial charge in [0, 0.05) is 29.9 Å². The summed E-state index contributed by atoms with van der Waals surface area (Å²) in [5, 5.41) is 5.12. The van der Waals surface area contributed by atoms with Crippen LogP contribution in [0.4, 0.5) is 0 Å². The molecule has 4 heteroatoms. The minimum atomic E-state index is -0.0257. The maximum Gasteiger partial charge on any atom is 0.188 e. The molecule has 0 heterocycles. The Hall–Kier alpha value is -1.41. The quantitative estimate of drug-likeness (QED) is 0.182. The molecular formula is C31H50NO2P. The molecule has 1 N–H and O–H groups in total. The molecule has 0 aromatic heterocycles. The third kappa shape index (κ3) is 8.88. The summed E-state index contributed by atoms with van der Waals surface area (Å²) in [5.74, 6) is 0.997. The van der Waals surface area contributed by atoms with Gasteiger partial charge in [-0.2, -0.15) is 0 Å². The van der Waals surface area contributed by atoms with Crippen molar-refractivity contribution < 1.29 is 9.47 Å². The molecule has 0 aliphatic rings. The number of unbranched alkanes of at least 4 members (excludes halogenated alkanes) is 2. The predicted molar refractivity (Wildman–Crippen MR) is 155 cm³/mol. The molecule has 0 fully saturated rings. The van der Waals surface area contributed by atoms with Crippen molar-refractivity contribution in [3.63, 3.8) is 0 Å². The number of nitrogens with one attached hydrogen (secondary N) is 1. The van der Waals surface area contributed by atoms with Gasteiger partial charge in [-0.05, 0) is 61.5 Å². The molecule has 0 aliphatic carbocycles. The van der Waals surface area contributed by atoms with E-state index < -0.39 is 0 Å². The van der Waals surface area contributed by atoms with Crippen molar-refractivity contribution in [3.05, 3.63) is 58.7 Å². The Balaban J connectivity index is 2.62.